The molecule has 1 atom stereocenters. The van der Waals surface area contributed by atoms with Crippen molar-refractivity contribution in [3.63, 3.8) is 0 Å². The largest absolute Gasteiger partial charge is 0.479 e. The van der Waals surface area contributed by atoms with Gasteiger partial charge in [-0.25, -0.2) is 17.8 Å². The highest BCUT2D eigenvalue weighted by Gasteiger charge is 2.25. The number of benzene rings is 1. The van der Waals surface area contributed by atoms with E-state index in [9.17, 15) is 12.8 Å². The molecule has 198 valence electrons. The van der Waals surface area contributed by atoms with Crippen molar-refractivity contribution in [3.05, 3.63) is 47.4 Å². The van der Waals surface area contributed by atoms with Gasteiger partial charge in [0.05, 0.1) is 30.9 Å². The van der Waals surface area contributed by atoms with Crippen molar-refractivity contribution >= 4 is 56.3 Å². The molecule has 0 bridgehead atoms. The number of methoxy groups -OCH3 is 1. The highest BCUT2D eigenvalue weighted by molar-refractivity contribution is 7.92. The summed E-state index contributed by atoms with van der Waals surface area (Å²) in [6.07, 6.45) is 3.41. The number of pyridine rings is 1. The van der Waals surface area contributed by atoms with Crippen LogP contribution in [0.25, 0.3) is 0 Å². The molecule has 3 N–H and O–H groups in total. The van der Waals surface area contributed by atoms with Crippen LogP contribution in [0.1, 0.15) is 6.42 Å². The molecule has 1 aromatic carbocycles. The first-order chi connectivity index (χ1) is 17.5. The van der Waals surface area contributed by atoms with Crippen molar-refractivity contribution in [2.45, 2.75) is 12.5 Å². The van der Waals surface area contributed by atoms with Gasteiger partial charge in [-0.1, -0.05) is 11.6 Å². The maximum absolute atomic E-state index is 13.8. The molecule has 1 fully saturated rings. The molecule has 1 unspecified atom stereocenters. The third kappa shape index (κ3) is 6.67. The van der Waals surface area contributed by atoms with Crippen LogP contribution in [0.15, 0.2) is 36.5 Å². The predicted octanol–water partition coefficient (Wildman–Crippen LogP) is 3.67. The van der Waals surface area contributed by atoms with Crippen LogP contribution in [-0.4, -0.2) is 74.9 Å². The zero-order valence-corrected chi connectivity index (χ0v) is 22.4. The highest BCUT2D eigenvalue weighted by Crippen LogP contribution is 2.32. The third-order valence-corrected chi connectivity index (χ3v) is 6.64. The van der Waals surface area contributed by atoms with Crippen LogP contribution in [0.4, 0.5) is 39.0 Å². The lowest BCUT2D eigenvalue weighted by molar-refractivity contribution is 0.315. The van der Waals surface area contributed by atoms with E-state index in [1.54, 1.807) is 0 Å². The molecule has 11 nitrogen and oxygen atoms in total. The molecule has 2 aromatic heterocycles. The van der Waals surface area contributed by atoms with E-state index >= 15 is 0 Å². The Bertz CT molecular complexity index is 1390. The quantitative estimate of drug-likeness (QED) is 0.363. The van der Waals surface area contributed by atoms with E-state index in [1.165, 1.54) is 25.4 Å². The van der Waals surface area contributed by atoms with Gasteiger partial charge in [0.15, 0.2) is 5.82 Å². The predicted molar refractivity (Wildman–Crippen MR) is 144 cm³/mol. The van der Waals surface area contributed by atoms with Crippen molar-refractivity contribution in [1.29, 1.82) is 0 Å². The minimum atomic E-state index is -3.65. The normalized spacial score (nSPS) is 15.6. The number of hydrogen-bond acceptors (Lipinski definition) is 10. The van der Waals surface area contributed by atoms with Gasteiger partial charge in [0.2, 0.25) is 21.9 Å². The average Bonchev–Trinajstić information content (AvgIpc) is 3.33. The van der Waals surface area contributed by atoms with Gasteiger partial charge in [0, 0.05) is 25.2 Å². The fourth-order valence-electron chi connectivity index (χ4n) is 3.90. The molecule has 14 heteroatoms. The Kier molecular flexibility index (Phi) is 7.85. The molecule has 37 heavy (non-hydrogen) atoms. The van der Waals surface area contributed by atoms with Gasteiger partial charge in [0.25, 0.3) is 0 Å². The summed E-state index contributed by atoms with van der Waals surface area (Å²) >= 11 is 6.28. The van der Waals surface area contributed by atoms with Crippen LogP contribution in [0.3, 0.4) is 0 Å². The summed E-state index contributed by atoms with van der Waals surface area (Å²) in [5.74, 6) is 0.943. The summed E-state index contributed by atoms with van der Waals surface area (Å²) in [5.41, 5.74) is 0.805. The van der Waals surface area contributed by atoms with Gasteiger partial charge >= 0.3 is 0 Å². The van der Waals surface area contributed by atoms with Gasteiger partial charge in [0.1, 0.15) is 22.3 Å². The summed E-state index contributed by atoms with van der Waals surface area (Å²) in [6, 6.07) is 7.82. The summed E-state index contributed by atoms with van der Waals surface area (Å²) in [6.45, 7) is 1.78. The van der Waals surface area contributed by atoms with E-state index in [0.717, 1.165) is 37.7 Å². The Morgan fingerprint density at radius 1 is 1.14 bits per heavy atom. The second-order valence-electron chi connectivity index (χ2n) is 8.78. The molecule has 1 saturated heterocycles. The smallest absolute Gasteiger partial charge is 0.239 e. The Labute approximate surface area is 220 Å². The Morgan fingerprint density at radius 2 is 1.89 bits per heavy atom. The van der Waals surface area contributed by atoms with Gasteiger partial charge < -0.3 is 25.2 Å². The summed E-state index contributed by atoms with van der Waals surface area (Å²) in [4.78, 5) is 17.7. The van der Waals surface area contributed by atoms with E-state index in [0.29, 0.717) is 17.6 Å². The monoisotopic (exact) mass is 550 g/mol. The molecule has 0 radical (unpaired) electrons. The van der Waals surface area contributed by atoms with E-state index in [2.05, 4.69) is 54.2 Å². The zero-order valence-electron chi connectivity index (χ0n) is 20.8. The molecule has 1 aliphatic heterocycles. The molecular formula is C23H28ClFN8O3S. The van der Waals surface area contributed by atoms with Crippen LogP contribution in [0.2, 0.25) is 5.02 Å². The number of sulfonamides is 1. The minimum absolute atomic E-state index is 0.00608. The Balaban J connectivity index is 1.56. The summed E-state index contributed by atoms with van der Waals surface area (Å²) < 4.78 is 45.0. The number of anilines is 6. The van der Waals surface area contributed by atoms with Gasteiger partial charge in [-0.05, 0) is 44.8 Å². The number of aromatic nitrogens is 3. The Hall–Kier alpha value is -3.42. The van der Waals surface area contributed by atoms with Gasteiger partial charge in [-0.2, -0.15) is 9.97 Å². The topological polar surface area (TPSA) is 125 Å². The molecule has 0 aliphatic carbocycles. The number of hydrogen-bond donors (Lipinski definition) is 3. The lowest BCUT2D eigenvalue weighted by Gasteiger charge is -2.22. The first kappa shape index (κ1) is 26.6. The third-order valence-electron chi connectivity index (χ3n) is 5.78. The maximum atomic E-state index is 13.8. The molecule has 3 heterocycles. The number of likely N-dealkylation sites (N-methyl/N-ethyl adjacent to an activating group) is 1. The van der Waals surface area contributed by atoms with Gasteiger partial charge in [-0.3, -0.25) is 4.72 Å². The van der Waals surface area contributed by atoms with Gasteiger partial charge in [-0.15, -0.1) is 0 Å². The summed E-state index contributed by atoms with van der Waals surface area (Å²) in [7, 11) is 2.02. The van der Waals surface area contributed by atoms with Crippen molar-refractivity contribution < 1.29 is 17.5 Å². The number of nitrogens with zero attached hydrogens (tertiary/aromatic N) is 5. The number of nitrogens with one attached hydrogen (secondary N) is 3. The molecule has 0 amide bonds. The van der Waals surface area contributed by atoms with Crippen LogP contribution in [0.5, 0.6) is 5.88 Å². The molecule has 0 spiro atoms. The number of halogens is 2. The standard InChI is InChI=1S/C23H28ClFN8O3S/c1-32(2)15-9-10-33(13-15)20-8-7-18(22(29-20)36-3)28-23-26-12-16(24)21(30-23)27-17-6-5-14(25)11-19(17)31-37(4,34)35/h5-8,11-12,15,31H,9-10,13H2,1-4H3,(H2,26,27,28,30). The van der Waals surface area contributed by atoms with Crippen molar-refractivity contribution in [1.82, 2.24) is 19.9 Å². The van der Waals surface area contributed by atoms with Crippen LogP contribution < -0.4 is 25.0 Å². The molecular weight excluding hydrogens is 523 g/mol. The van der Waals surface area contributed by atoms with Crippen molar-refractivity contribution in [2.24, 2.45) is 0 Å². The SMILES string of the molecule is COc1nc(N2CCC(N(C)C)C2)ccc1Nc1ncc(Cl)c(Nc2ccc(F)cc2NS(C)(=O)=O)n1. The highest BCUT2D eigenvalue weighted by atomic mass is 35.5. The second kappa shape index (κ2) is 10.9. The van der Waals surface area contributed by atoms with Crippen molar-refractivity contribution in [3.8, 4) is 5.88 Å². The maximum Gasteiger partial charge on any atom is 0.239 e. The molecule has 4 rings (SSSR count). The van der Waals surface area contributed by atoms with Crippen LogP contribution >= 0.6 is 11.6 Å². The fraction of sp³-hybridized carbons (Fsp3) is 0.348. The Morgan fingerprint density at radius 3 is 2.57 bits per heavy atom. The lowest BCUT2D eigenvalue weighted by atomic mass is 10.2. The van der Waals surface area contributed by atoms with Crippen molar-refractivity contribution in [2.75, 3.05) is 60.8 Å². The van der Waals surface area contributed by atoms with E-state index in [1.807, 2.05) is 12.1 Å². The molecule has 3 aromatic rings. The number of ether oxygens (including phenoxy) is 1. The van der Waals surface area contributed by atoms with E-state index in [4.69, 9.17) is 16.3 Å². The second-order valence-corrected chi connectivity index (χ2v) is 10.9. The first-order valence-electron chi connectivity index (χ1n) is 11.3. The average molecular weight is 551 g/mol. The lowest BCUT2D eigenvalue weighted by Crippen LogP contribution is -2.31. The van der Waals surface area contributed by atoms with E-state index < -0.39 is 15.8 Å². The zero-order chi connectivity index (χ0) is 26.7. The van der Waals surface area contributed by atoms with Crippen LogP contribution in [0, 0.1) is 5.82 Å². The fourth-order valence-corrected chi connectivity index (χ4v) is 4.61. The minimum Gasteiger partial charge on any atom is -0.479 e. The summed E-state index contributed by atoms with van der Waals surface area (Å²) in [5, 5.41) is 6.18. The van der Waals surface area contributed by atoms with Crippen LogP contribution in [-0.2, 0) is 10.0 Å². The molecule has 1 aliphatic rings. The van der Waals surface area contributed by atoms with E-state index in [-0.39, 0.29) is 28.2 Å². The number of rotatable bonds is 9. The first-order valence-corrected chi connectivity index (χ1v) is 13.6. The molecule has 0 saturated carbocycles.